The molecule has 3 N–H and O–H groups in total. The van der Waals surface area contributed by atoms with Crippen LogP contribution in [-0.2, 0) is 37.5 Å². The molecule has 0 aromatic rings. The molecule has 0 rings (SSSR count). The first-order valence-corrected chi connectivity index (χ1v) is 22.4. The molecule has 0 aliphatic carbocycles. The van der Waals surface area contributed by atoms with E-state index in [2.05, 4.69) is 42.7 Å². The lowest BCUT2D eigenvalue weighted by Gasteiger charge is -2.20. The molecule has 0 spiro atoms. The number of rotatable bonds is 38. The summed E-state index contributed by atoms with van der Waals surface area (Å²) in [5.41, 5.74) is 0. The molecule has 0 bridgehead atoms. The molecule has 11 nitrogen and oxygen atoms in total. The average molecular weight is 809 g/mol. The van der Waals surface area contributed by atoms with Crippen LogP contribution in [0.25, 0.3) is 0 Å². The summed E-state index contributed by atoms with van der Waals surface area (Å²) < 4.78 is 32.6. The number of aliphatic hydroxyl groups excluding tert-OH is 2. The molecule has 320 valence electrons. The van der Waals surface area contributed by atoms with Gasteiger partial charge in [-0.25, -0.2) is 4.57 Å². The van der Waals surface area contributed by atoms with E-state index in [-0.39, 0.29) is 25.2 Å². The lowest BCUT2D eigenvalue weighted by atomic mass is 10.1. The minimum atomic E-state index is -4.65. The Balaban J connectivity index is 4.50. The van der Waals surface area contributed by atoms with E-state index < -0.39 is 51.8 Å². The zero-order valence-corrected chi connectivity index (χ0v) is 35.2. The summed E-state index contributed by atoms with van der Waals surface area (Å²) >= 11 is 0. The summed E-state index contributed by atoms with van der Waals surface area (Å²) in [4.78, 5) is 46.6. The molecule has 0 aromatic heterocycles. The molecular weight excluding hydrogens is 735 g/mol. The highest BCUT2D eigenvalue weighted by Crippen LogP contribution is 2.43. The van der Waals surface area contributed by atoms with Gasteiger partial charge in [0.2, 0.25) is 0 Å². The highest BCUT2D eigenvalue weighted by molar-refractivity contribution is 7.47. The lowest BCUT2D eigenvalue weighted by Crippen LogP contribution is -2.29. The van der Waals surface area contributed by atoms with Gasteiger partial charge in [0.05, 0.1) is 19.8 Å². The molecule has 0 saturated heterocycles. The number of carbonyl (C=O) groups excluding carboxylic acids is 3. The van der Waals surface area contributed by atoms with Gasteiger partial charge in [-0.05, 0) is 70.3 Å². The SMILES string of the molecule is CCCCCC/C=C\C=C/CCCCCCCC(=O)O[C@H](COC(=O)CCC/C=C\C/C=C\C/C=C\C=C\C(=O)CCCCC)COP(=O)(O)OC[C@@H](O)CO. The minimum absolute atomic E-state index is 0.132. The second-order valence-electron chi connectivity index (χ2n) is 13.7. The molecule has 0 fully saturated rings. The quantitative estimate of drug-likeness (QED) is 0.0136. The van der Waals surface area contributed by atoms with Crippen molar-refractivity contribution in [3.63, 3.8) is 0 Å². The molecule has 0 radical (unpaired) electrons. The molecule has 0 aliphatic heterocycles. The second kappa shape index (κ2) is 38.9. The Morgan fingerprint density at radius 1 is 0.589 bits per heavy atom. The van der Waals surface area contributed by atoms with Gasteiger partial charge in [0.15, 0.2) is 11.9 Å². The zero-order valence-electron chi connectivity index (χ0n) is 34.3. The zero-order chi connectivity index (χ0) is 41.4. The maximum atomic E-state index is 12.6. The molecule has 56 heavy (non-hydrogen) atoms. The van der Waals surface area contributed by atoms with Crippen molar-refractivity contribution in [1.82, 2.24) is 0 Å². The van der Waals surface area contributed by atoms with Crippen molar-refractivity contribution in [2.45, 2.75) is 161 Å². The van der Waals surface area contributed by atoms with Crippen LogP contribution in [0.15, 0.2) is 72.9 Å². The summed E-state index contributed by atoms with van der Waals surface area (Å²) in [7, 11) is -4.65. The van der Waals surface area contributed by atoms with Crippen LogP contribution in [-0.4, -0.2) is 71.5 Å². The van der Waals surface area contributed by atoms with E-state index in [1.54, 1.807) is 12.2 Å². The first-order valence-electron chi connectivity index (χ1n) is 20.9. The predicted octanol–water partition coefficient (Wildman–Crippen LogP) is 10.1. The van der Waals surface area contributed by atoms with Crippen LogP contribution in [0.3, 0.4) is 0 Å². The monoisotopic (exact) mass is 808 g/mol. The van der Waals surface area contributed by atoms with E-state index in [4.69, 9.17) is 19.1 Å². The van der Waals surface area contributed by atoms with Gasteiger partial charge in [0.1, 0.15) is 12.7 Å². The Morgan fingerprint density at radius 2 is 1.12 bits per heavy atom. The standard InChI is InChI=1S/C44H73O11P/c1-3-5-7-8-9-10-11-12-13-14-17-21-24-27-31-35-44(49)55-42(39-54-56(50,51)53-37-41(47)36-45)38-52-43(48)34-30-26-23-20-18-15-16-19-22-25-29-33-40(46)32-28-6-4-2/h10-13,15-16,20,22-23,25,29,33,41-42,45,47H,3-9,14,17-19,21,24,26-28,30-32,34-39H2,1-2H3,(H,50,51)/b11-10-,13-12-,16-15-,23-20-,25-22-,33-29+/t41-,42+/m0/s1. The van der Waals surface area contributed by atoms with E-state index in [1.807, 2.05) is 36.5 Å². The van der Waals surface area contributed by atoms with Crippen molar-refractivity contribution in [2.24, 2.45) is 0 Å². The highest BCUT2D eigenvalue weighted by atomic mass is 31.2. The fraction of sp³-hybridized carbons (Fsp3) is 0.659. The highest BCUT2D eigenvalue weighted by Gasteiger charge is 2.27. The molecule has 12 heteroatoms. The number of esters is 2. The van der Waals surface area contributed by atoms with E-state index in [9.17, 15) is 28.9 Å². The number of carbonyl (C=O) groups is 3. The maximum Gasteiger partial charge on any atom is 0.472 e. The molecule has 0 amide bonds. The third kappa shape index (κ3) is 38.0. The van der Waals surface area contributed by atoms with E-state index in [1.165, 1.54) is 25.7 Å². The van der Waals surface area contributed by atoms with Gasteiger partial charge in [0.25, 0.3) is 0 Å². The Bertz CT molecular complexity index is 1220. The normalized spacial score (nSPS) is 14.5. The number of allylic oxidation sites excluding steroid dienone is 12. The molecule has 0 heterocycles. The first-order chi connectivity index (χ1) is 27.1. The van der Waals surface area contributed by atoms with Crippen LogP contribution in [0.1, 0.15) is 149 Å². The number of hydrogen-bond donors (Lipinski definition) is 3. The van der Waals surface area contributed by atoms with E-state index in [0.717, 1.165) is 70.6 Å². The van der Waals surface area contributed by atoms with Gasteiger partial charge in [-0.2, -0.15) is 0 Å². The largest absolute Gasteiger partial charge is 0.472 e. The summed E-state index contributed by atoms with van der Waals surface area (Å²) in [5.74, 6) is -0.892. The lowest BCUT2D eigenvalue weighted by molar-refractivity contribution is -0.161. The summed E-state index contributed by atoms with van der Waals surface area (Å²) in [6.45, 7) is 2.07. The number of phosphoric acid groups is 1. The van der Waals surface area contributed by atoms with Gasteiger partial charge >= 0.3 is 19.8 Å². The van der Waals surface area contributed by atoms with Crippen LogP contribution in [0, 0.1) is 0 Å². The molecule has 0 aliphatic rings. The summed E-state index contributed by atoms with van der Waals surface area (Å²) in [5, 5.41) is 18.3. The van der Waals surface area contributed by atoms with Crippen molar-refractivity contribution >= 4 is 25.5 Å². The van der Waals surface area contributed by atoms with Gasteiger partial charge in [0, 0.05) is 19.3 Å². The van der Waals surface area contributed by atoms with Crippen LogP contribution in [0.5, 0.6) is 0 Å². The third-order valence-electron chi connectivity index (χ3n) is 8.34. The number of unbranched alkanes of at least 4 members (excludes halogenated alkanes) is 12. The number of ketones is 1. The van der Waals surface area contributed by atoms with Crippen molar-refractivity contribution < 1.29 is 52.6 Å². The maximum absolute atomic E-state index is 12.6. The van der Waals surface area contributed by atoms with Crippen molar-refractivity contribution in [3.8, 4) is 0 Å². The Labute approximate surface area is 337 Å². The fourth-order valence-corrected chi connectivity index (χ4v) is 5.84. The number of hydrogen-bond acceptors (Lipinski definition) is 10. The third-order valence-corrected chi connectivity index (χ3v) is 9.29. The van der Waals surface area contributed by atoms with Crippen LogP contribution in [0.2, 0.25) is 0 Å². The van der Waals surface area contributed by atoms with Gasteiger partial charge < -0.3 is 24.6 Å². The number of aliphatic hydroxyl groups is 2. The van der Waals surface area contributed by atoms with E-state index >= 15 is 0 Å². The summed E-state index contributed by atoms with van der Waals surface area (Å²) in [6, 6.07) is 0. The van der Waals surface area contributed by atoms with Gasteiger partial charge in [-0.15, -0.1) is 0 Å². The Morgan fingerprint density at radius 3 is 1.82 bits per heavy atom. The average Bonchev–Trinajstić information content (AvgIpc) is 3.18. The summed E-state index contributed by atoms with van der Waals surface area (Å²) in [6.07, 6.45) is 40.0. The van der Waals surface area contributed by atoms with Crippen molar-refractivity contribution in [3.05, 3.63) is 72.9 Å². The minimum Gasteiger partial charge on any atom is -0.462 e. The second-order valence-corrected chi connectivity index (χ2v) is 15.2. The van der Waals surface area contributed by atoms with E-state index in [0.29, 0.717) is 25.7 Å². The molecule has 0 saturated carbocycles. The topological polar surface area (TPSA) is 166 Å². The van der Waals surface area contributed by atoms with Crippen LogP contribution >= 0.6 is 7.82 Å². The molecule has 3 atom stereocenters. The Kier molecular flexibility index (Phi) is 36.9. The van der Waals surface area contributed by atoms with Crippen molar-refractivity contribution in [2.75, 3.05) is 26.4 Å². The number of phosphoric ester groups is 1. The van der Waals surface area contributed by atoms with Crippen molar-refractivity contribution in [1.29, 1.82) is 0 Å². The molecule has 0 aromatic carbocycles. The van der Waals surface area contributed by atoms with Gasteiger partial charge in [-0.1, -0.05) is 132 Å². The van der Waals surface area contributed by atoms with Gasteiger partial charge in [-0.3, -0.25) is 23.4 Å². The fourth-order valence-electron chi connectivity index (χ4n) is 5.05. The smallest absolute Gasteiger partial charge is 0.462 e. The number of ether oxygens (including phenoxy) is 2. The predicted molar refractivity (Wildman–Crippen MR) is 224 cm³/mol. The Hall–Kier alpha value is -2.92. The van der Waals surface area contributed by atoms with Crippen LogP contribution < -0.4 is 0 Å². The molecule has 1 unspecified atom stereocenters. The first kappa shape index (κ1) is 53.1. The molecular formula is C44H73O11P. The van der Waals surface area contributed by atoms with Crippen LogP contribution in [0.4, 0.5) is 0 Å².